The number of hydrogen-bond acceptors (Lipinski definition) is 4. The molecule has 1 spiro atoms. The van der Waals surface area contributed by atoms with Crippen molar-refractivity contribution in [1.82, 2.24) is 15.3 Å². The monoisotopic (exact) mass is 398 g/mol. The maximum atomic E-state index is 13.4. The molecule has 1 aliphatic carbocycles. The van der Waals surface area contributed by atoms with Gasteiger partial charge in [-0.25, -0.2) is 9.97 Å². The Balaban J connectivity index is 1.51. The number of carbonyl (C=O) groups excluding carboxylic acids is 2. The van der Waals surface area contributed by atoms with E-state index in [1.165, 1.54) is 0 Å². The summed E-state index contributed by atoms with van der Waals surface area (Å²) >= 11 is 6.59. The molecule has 146 valence electrons. The van der Waals surface area contributed by atoms with Crippen molar-refractivity contribution < 1.29 is 9.59 Å². The summed E-state index contributed by atoms with van der Waals surface area (Å²) in [5.74, 6) is 1.06. The summed E-state index contributed by atoms with van der Waals surface area (Å²) in [6, 6.07) is 10.8. The third-order valence-corrected chi connectivity index (χ3v) is 6.09. The highest BCUT2D eigenvalue weighted by Gasteiger charge is 2.53. The van der Waals surface area contributed by atoms with Crippen LogP contribution in [0.5, 0.6) is 0 Å². The first kappa shape index (κ1) is 18.9. The van der Waals surface area contributed by atoms with Crippen LogP contribution in [-0.4, -0.2) is 33.3 Å². The maximum absolute atomic E-state index is 13.4. The van der Waals surface area contributed by atoms with Crippen molar-refractivity contribution in [3.05, 3.63) is 54.0 Å². The molecular formula is C21H23ClN4O2. The molecule has 2 aliphatic rings. The van der Waals surface area contributed by atoms with Crippen LogP contribution in [-0.2, 0) is 4.79 Å². The second kappa shape index (κ2) is 7.51. The molecule has 1 saturated heterocycles. The van der Waals surface area contributed by atoms with Gasteiger partial charge in [-0.05, 0) is 50.8 Å². The summed E-state index contributed by atoms with van der Waals surface area (Å²) in [6.07, 6.45) is 5.35. The number of hydrogen-bond donors (Lipinski definition) is 1. The lowest BCUT2D eigenvalue weighted by atomic mass is 9.71. The molecule has 2 aromatic rings. The highest BCUT2D eigenvalue weighted by Crippen LogP contribution is 2.49. The summed E-state index contributed by atoms with van der Waals surface area (Å²) in [4.78, 5) is 36.0. The fourth-order valence-electron chi connectivity index (χ4n) is 4.43. The van der Waals surface area contributed by atoms with Crippen LogP contribution >= 0.6 is 11.6 Å². The van der Waals surface area contributed by atoms with Gasteiger partial charge in [-0.1, -0.05) is 36.2 Å². The lowest BCUT2D eigenvalue weighted by Gasteiger charge is -2.36. The van der Waals surface area contributed by atoms with Gasteiger partial charge < -0.3 is 5.32 Å². The van der Waals surface area contributed by atoms with Crippen LogP contribution in [0.4, 0.5) is 5.82 Å². The molecule has 2 heterocycles. The second-order valence-electron chi connectivity index (χ2n) is 7.69. The Morgan fingerprint density at radius 1 is 1.25 bits per heavy atom. The lowest BCUT2D eigenvalue weighted by Crippen LogP contribution is -2.46. The highest BCUT2D eigenvalue weighted by atomic mass is 35.5. The van der Waals surface area contributed by atoms with Crippen molar-refractivity contribution in [3.8, 4) is 0 Å². The van der Waals surface area contributed by atoms with Crippen LogP contribution in [0.3, 0.4) is 0 Å². The SMILES string of the molecule is Cc1nccc(N2C(=O)[C@]3(CCCC(NC(=O)c4ccccc4)C3)C[C@H]2Cl)n1. The van der Waals surface area contributed by atoms with E-state index >= 15 is 0 Å². The van der Waals surface area contributed by atoms with E-state index in [2.05, 4.69) is 15.3 Å². The van der Waals surface area contributed by atoms with Crippen molar-refractivity contribution >= 4 is 29.2 Å². The number of nitrogens with one attached hydrogen (secondary N) is 1. The average Bonchev–Trinajstić information content (AvgIpc) is 2.91. The predicted octanol–water partition coefficient (Wildman–Crippen LogP) is 3.45. The fourth-order valence-corrected chi connectivity index (χ4v) is 4.92. The number of halogens is 1. The third-order valence-electron chi connectivity index (χ3n) is 5.74. The Bertz CT molecular complexity index is 891. The zero-order valence-corrected chi connectivity index (χ0v) is 16.5. The predicted molar refractivity (Wildman–Crippen MR) is 107 cm³/mol. The molecule has 3 atom stereocenters. The molecular weight excluding hydrogens is 376 g/mol. The number of carbonyl (C=O) groups is 2. The summed E-state index contributed by atoms with van der Waals surface area (Å²) in [6.45, 7) is 1.79. The number of anilines is 1. The molecule has 4 rings (SSSR count). The molecule has 0 bridgehead atoms. The fraction of sp³-hybridized carbons (Fsp3) is 0.429. The van der Waals surface area contributed by atoms with Crippen molar-refractivity contribution in [2.24, 2.45) is 5.41 Å². The first-order valence-corrected chi connectivity index (χ1v) is 10.1. The molecule has 2 amide bonds. The van der Waals surface area contributed by atoms with Crippen LogP contribution in [0.1, 0.15) is 48.3 Å². The quantitative estimate of drug-likeness (QED) is 0.634. The first-order valence-electron chi connectivity index (χ1n) is 9.62. The topological polar surface area (TPSA) is 75.2 Å². The minimum absolute atomic E-state index is 0.00394. The summed E-state index contributed by atoms with van der Waals surface area (Å²) in [7, 11) is 0. The zero-order chi connectivity index (χ0) is 19.7. The Kier molecular flexibility index (Phi) is 5.06. The molecule has 1 saturated carbocycles. The normalized spacial score (nSPS) is 27.2. The molecule has 1 unspecified atom stereocenters. The Morgan fingerprint density at radius 2 is 2.04 bits per heavy atom. The number of rotatable bonds is 3. The van der Waals surface area contributed by atoms with Gasteiger partial charge in [0.25, 0.3) is 5.91 Å². The molecule has 2 fully saturated rings. The van der Waals surface area contributed by atoms with E-state index in [1.54, 1.807) is 36.2 Å². The van der Waals surface area contributed by atoms with Gasteiger partial charge in [-0.2, -0.15) is 0 Å². The maximum Gasteiger partial charge on any atom is 0.251 e. The van der Waals surface area contributed by atoms with Gasteiger partial charge in [0.05, 0.1) is 5.41 Å². The molecule has 1 aliphatic heterocycles. The van der Waals surface area contributed by atoms with Gasteiger partial charge >= 0.3 is 0 Å². The van der Waals surface area contributed by atoms with Crippen molar-refractivity contribution in [3.63, 3.8) is 0 Å². The molecule has 6 nitrogen and oxygen atoms in total. The minimum atomic E-state index is -0.543. The van der Waals surface area contributed by atoms with Crippen LogP contribution in [0.2, 0.25) is 0 Å². The van der Waals surface area contributed by atoms with Crippen LogP contribution < -0.4 is 10.2 Å². The zero-order valence-electron chi connectivity index (χ0n) is 15.8. The van der Waals surface area contributed by atoms with Gasteiger partial charge in [0.1, 0.15) is 17.1 Å². The van der Waals surface area contributed by atoms with Crippen LogP contribution in [0.25, 0.3) is 0 Å². The van der Waals surface area contributed by atoms with E-state index < -0.39 is 10.9 Å². The van der Waals surface area contributed by atoms with E-state index in [9.17, 15) is 9.59 Å². The average molecular weight is 399 g/mol. The lowest BCUT2D eigenvalue weighted by molar-refractivity contribution is -0.127. The number of alkyl halides is 1. The largest absolute Gasteiger partial charge is 0.349 e. The van der Waals surface area contributed by atoms with Crippen molar-refractivity contribution in [1.29, 1.82) is 0 Å². The summed E-state index contributed by atoms with van der Waals surface area (Å²) in [5.41, 5.74) is -0.350. The number of aromatic nitrogens is 2. The van der Waals surface area contributed by atoms with Crippen molar-refractivity contribution in [2.75, 3.05) is 4.90 Å². The highest BCUT2D eigenvalue weighted by molar-refractivity contribution is 6.26. The molecule has 7 heteroatoms. The third kappa shape index (κ3) is 3.49. The van der Waals surface area contributed by atoms with Gasteiger partial charge in [0.15, 0.2) is 0 Å². The minimum Gasteiger partial charge on any atom is -0.349 e. The smallest absolute Gasteiger partial charge is 0.251 e. The van der Waals surface area contributed by atoms with Gasteiger partial charge in [-0.15, -0.1) is 0 Å². The van der Waals surface area contributed by atoms with E-state index in [1.807, 2.05) is 18.2 Å². The van der Waals surface area contributed by atoms with E-state index in [0.717, 1.165) is 19.3 Å². The number of amides is 2. The van der Waals surface area contributed by atoms with E-state index in [4.69, 9.17) is 11.6 Å². The molecule has 1 N–H and O–H groups in total. The van der Waals surface area contributed by atoms with Gasteiger partial charge in [0.2, 0.25) is 5.91 Å². The Labute approximate surface area is 169 Å². The number of nitrogens with zero attached hydrogens (tertiary/aromatic N) is 3. The molecule has 0 radical (unpaired) electrons. The molecule has 1 aromatic heterocycles. The Morgan fingerprint density at radius 3 is 2.79 bits per heavy atom. The second-order valence-corrected chi connectivity index (χ2v) is 8.19. The van der Waals surface area contributed by atoms with Gasteiger partial charge in [0, 0.05) is 17.8 Å². The summed E-state index contributed by atoms with van der Waals surface area (Å²) in [5, 5.41) is 3.11. The molecule has 28 heavy (non-hydrogen) atoms. The van der Waals surface area contributed by atoms with Gasteiger partial charge in [-0.3, -0.25) is 14.5 Å². The Hall–Kier alpha value is -2.47. The van der Waals surface area contributed by atoms with Crippen molar-refractivity contribution in [2.45, 2.75) is 50.6 Å². The van der Waals surface area contributed by atoms with E-state index in [-0.39, 0.29) is 17.9 Å². The first-order chi connectivity index (χ1) is 13.5. The summed E-state index contributed by atoms with van der Waals surface area (Å²) < 4.78 is 0. The van der Waals surface area contributed by atoms with Crippen LogP contribution in [0, 0.1) is 12.3 Å². The number of aryl methyl sites for hydroxylation is 1. The van der Waals surface area contributed by atoms with E-state index in [0.29, 0.717) is 30.0 Å². The molecule has 1 aromatic carbocycles. The van der Waals surface area contributed by atoms with Crippen LogP contribution in [0.15, 0.2) is 42.6 Å². The number of benzene rings is 1. The standard InChI is InChI=1S/C21H23ClN4O2/c1-14-23-11-9-18(24-14)26-17(22)13-21(20(26)28)10-5-8-16(12-21)25-19(27)15-6-3-2-4-7-15/h2-4,6-7,9,11,16-17H,5,8,10,12-13H2,1H3,(H,25,27)/t16?,17-,21-/m0/s1.